The number of hydrogen-bond donors (Lipinski definition) is 4. The fraction of sp³-hybridized carbons (Fsp3) is 0.647. The summed E-state index contributed by atoms with van der Waals surface area (Å²) in [6.45, 7) is 3.06. The maximum atomic E-state index is 13.3. The van der Waals surface area contributed by atoms with Crippen LogP contribution in [-0.4, -0.2) is 92.7 Å². The number of halogens is 19. The van der Waals surface area contributed by atoms with Gasteiger partial charge in [-0.05, 0) is 0 Å². The van der Waals surface area contributed by atoms with E-state index in [0.29, 0.717) is 0 Å². The molecule has 0 saturated heterocycles. The molecule has 0 aromatic rings. The van der Waals surface area contributed by atoms with Crippen molar-refractivity contribution in [1.82, 2.24) is 0 Å². The van der Waals surface area contributed by atoms with E-state index in [4.69, 9.17) is 20.4 Å². The Kier molecular flexibility index (Phi) is 14.0. The third-order valence-electron chi connectivity index (χ3n) is 3.95. The molecule has 0 aliphatic rings. The lowest BCUT2D eigenvalue weighted by molar-refractivity contribution is -0.462. The molecule has 25 heteroatoms. The van der Waals surface area contributed by atoms with E-state index in [0.717, 1.165) is 0 Å². The van der Waals surface area contributed by atoms with Gasteiger partial charge in [-0.3, -0.25) is 0 Å². The van der Waals surface area contributed by atoms with Crippen LogP contribution in [0.2, 0.25) is 0 Å². The molecule has 0 heterocycles. The van der Waals surface area contributed by atoms with Crippen LogP contribution in [0.3, 0.4) is 0 Å². The number of carboxylic acids is 2. The van der Waals surface area contributed by atoms with E-state index in [2.05, 4.69) is 13.2 Å². The predicted octanol–water partition coefficient (Wildman–Crippen LogP) is 5.85. The summed E-state index contributed by atoms with van der Waals surface area (Å²) in [4.78, 5) is 18.4. The molecule has 6 nitrogen and oxygen atoms in total. The quantitative estimate of drug-likeness (QED) is 0.162. The first kappa shape index (κ1) is 43.5. The highest BCUT2D eigenvalue weighted by molar-refractivity contribution is 5.83. The van der Waals surface area contributed by atoms with Crippen LogP contribution < -0.4 is 0 Å². The molecule has 1 unspecified atom stereocenters. The van der Waals surface area contributed by atoms with Crippen molar-refractivity contribution in [2.75, 3.05) is 6.61 Å². The molecular formula is C17H13F19O6. The average molecular weight is 674 g/mol. The van der Waals surface area contributed by atoms with Gasteiger partial charge < -0.3 is 20.4 Å². The van der Waals surface area contributed by atoms with Crippen molar-refractivity contribution in [1.29, 1.82) is 0 Å². The molecule has 0 aromatic carbocycles. The van der Waals surface area contributed by atoms with Gasteiger partial charge >= 0.3 is 59.6 Å². The summed E-state index contributed by atoms with van der Waals surface area (Å²) < 4.78 is 241. The van der Waals surface area contributed by atoms with Crippen LogP contribution in [0.25, 0.3) is 0 Å². The molecule has 0 aromatic heterocycles. The van der Waals surface area contributed by atoms with Gasteiger partial charge in [-0.1, -0.05) is 13.2 Å². The fourth-order valence-electron chi connectivity index (χ4n) is 1.69. The Hall–Kier alpha value is -2.99. The monoisotopic (exact) mass is 674 g/mol. The number of aliphatic hydroxyl groups is 2. The first-order valence-electron chi connectivity index (χ1n) is 9.15. The van der Waals surface area contributed by atoms with Crippen LogP contribution in [0, 0.1) is 0 Å². The summed E-state index contributed by atoms with van der Waals surface area (Å²) in [5.74, 6) is -62.9. The van der Waals surface area contributed by atoms with Gasteiger partial charge in [-0.25, -0.2) is 9.59 Å². The standard InChI is InChI=1S/C11H7F17O2.2C3H3FO2/c12-4(13,1-3(30)2-29)5(14,15)6(16,17)7(18,19)8(20,21)9(22,23)10(24,25)11(26,27)28;2*1-2(4)3(5)6/h3,29-30H,1-2H2;2*1H2,(H,5,6). The Morgan fingerprint density at radius 2 is 0.762 bits per heavy atom. The summed E-state index contributed by atoms with van der Waals surface area (Å²) in [7, 11) is 0. The Balaban J connectivity index is -0.00000105. The molecule has 0 aliphatic carbocycles. The number of aliphatic hydroxyl groups excluding tert-OH is 2. The van der Waals surface area contributed by atoms with Crippen molar-refractivity contribution < 1.29 is 113 Å². The maximum Gasteiger partial charge on any atom is 0.460 e. The lowest BCUT2D eigenvalue weighted by Gasteiger charge is -2.43. The van der Waals surface area contributed by atoms with Crippen LogP contribution in [-0.2, 0) is 9.59 Å². The SMILES string of the molecule is C=C(F)C(=O)O.C=C(F)C(=O)O.OCC(O)CC(F)(F)C(F)(F)C(F)(F)C(F)(F)C(F)(F)C(F)(F)C(F)(F)C(F)(F)F. The Morgan fingerprint density at radius 1 is 0.548 bits per heavy atom. The number of alkyl halides is 17. The molecule has 0 spiro atoms. The maximum absolute atomic E-state index is 13.3. The number of rotatable bonds is 11. The van der Waals surface area contributed by atoms with Crippen LogP contribution >= 0.6 is 0 Å². The summed E-state index contributed by atoms with van der Waals surface area (Å²) in [6, 6.07) is 0. The van der Waals surface area contributed by atoms with Crippen LogP contribution in [0.5, 0.6) is 0 Å². The van der Waals surface area contributed by atoms with E-state index in [-0.39, 0.29) is 0 Å². The van der Waals surface area contributed by atoms with Gasteiger partial charge in [0.25, 0.3) is 0 Å². The zero-order chi connectivity index (χ0) is 35.3. The second-order valence-corrected chi connectivity index (χ2v) is 7.11. The molecule has 0 bridgehead atoms. The van der Waals surface area contributed by atoms with Crippen molar-refractivity contribution in [3.63, 3.8) is 0 Å². The average Bonchev–Trinajstić information content (AvgIpc) is 2.77. The van der Waals surface area contributed by atoms with Gasteiger partial charge in [0.15, 0.2) is 0 Å². The van der Waals surface area contributed by atoms with Crippen molar-refractivity contribution in [2.24, 2.45) is 0 Å². The first-order chi connectivity index (χ1) is 18.0. The minimum Gasteiger partial charge on any atom is -0.476 e. The molecule has 0 radical (unpaired) electrons. The highest BCUT2D eigenvalue weighted by Gasteiger charge is 2.95. The highest BCUT2D eigenvalue weighted by Crippen LogP contribution is 2.64. The molecule has 1 atom stereocenters. The second-order valence-electron chi connectivity index (χ2n) is 7.11. The topological polar surface area (TPSA) is 115 Å². The third-order valence-corrected chi connectivity index (χ3v) is 3.95. The number of carbonyl (C=O) groups is 2. The molecule has 0 amide bonds. The molecular weight excluding hydrogens is 661 g/mol. The van der Waals surface area contributed by atoms with Gasteiger partial charge in [-0.2, -0.15) is 83.4 Å². The van der Waals surface area contributed by atoms with Crippen molar-refractivity contribution in [2.45, 2.75) is 60.2 Å². The molecule has 4 N–H and O–H groups in total. The Labute approximate surface area is 218 Å². The molecule has 0 rings (SSSR count). The molecule has 0 aliphatic heterocycles. The number of aliphatic carboxylic acids is 2. The van der Waals surface area contributed by atoms with E-state index in [1.807, 2.05) is 0 Å². The Morgan fingerprint density at radius 3 is 0.952 bits per heavy atom. The first-order valence-corrected chi connectivity index (χ1v) is 9.15. The van der Waals surface area contributed by atoms with Crippen molar-refractivity contribution in [3.8, 4) is 0 Å². The second kappa shape index (κ2) is 13.5. The molecule has 0 fully saturated rings. The van der Waals surface area contributed by atoms with E-state index < -0.39 is 90.4 Å². The van der Waals surface area contributed by atoms with E-state index >= 15 is 0 Å². The van der Waals surface area contributed by atoms with Gasteiger partial charge in [0.2, 0.25) is 11.7 Å². The minimum atomic E-state index is -8.68. The van der Waals surface area contributed by atoms with E-state index in [1.165, 1.54) is 0 Å². The highest BCUT2D eigenvalue weighted by atomic mass is 19.4. The number of carboxylic acid groups (broad SMARTS) is 2. The molecule has 0 saturated carbocycles. The van der Waals surface area contributed by atoms with Gasteiger partial charge in [0, 0.05) is 6.42 Å². The Bertz CT molecular complexity index is 924. The van der Waals surface area contributed by atoms with E-state index in [9.17, 15) is 93.0 Å². The normalized spacial score (nSPS) is 14.5. The van der Waals surface area contributed by atoms with Crippen molar-refractivity contribution >= 4 is 11.9 Å². The zero-order valence-corrected chi connectivity index (χ0v) is 19.2. The van der Waals surface area contributed by atoms with Crippen molar-refractivity contribution in [3.05, 3.63) is 24.8 Å². The van der Waals surface area contributed by atoms with E-state index in [1.54, 1.807) is 0 Å². The van der Waals surface area contributed by atoms with Gasteiger partial charge in [-0.15, -0.1) is 0 Å². The van der Waals surface area contributed by atoms with Crippen LogP contribution in [0.15, 0.2) is 24.8 Å². The largest absolute Gasteiger partial charge is 0.476 e. The molecule has 42 heavy (non-hydrogen) atoms. The zero-order valence-electron chi connectivity index (χ0n) is 19.2. The summed E-state index contributed by atoms with van der Waals surface area (Å²) in [5.41, 5.74) is 0. The van der Waals surface area contributed by atoms with Gasteiger partial charge in [0.1, 0.15) is 0 Å². The molecule has 250 valence electrons. The predicted molar refractivity (Wildman–Crippen MR) is 94.2 cm³/mol. The smallest absolute Gasteiger partial charge is 0.460 e. The summed E-state index contributed by atoms with van der Waals surface area (Å²) >= 11 is 0. The van der Waals surface area contributed by atoms with Crippen LogP contribution in [0.1, 0.15) is 6.42 Å². The van der Waals surface area contributed by atoms with Crippen LogP contribution in [0.4, 0.5) is 83.4 Å². The minimum absolute atomic E-state index is 1.32. The lowest BCUT2D eigenvalue weighted by Crippen LogP contribution is -2.74. The lowest BCUT2D eigenvalue weighted by atomic mass is 9.88. The number of hydrogen-bond acceptors (Lipinski definition) is 4. The fourth-order valence-corrected chi connectivity index (χ4v) is 1.69. The van der Waals surface area contributed by atoms with Gasteiger partial charge in [0.05, 0.1) is 12.7 Å². The summed E-state index contributed by atoms with van der Waals surface area (Å²) in [6.07, 6.45) is -14.0. The third kappa shape index (κ3) is 8.53. The summed E-state index contributed by atoms with van der Waals surface area (Å²) in [5, 5.41) is 31.7.